The van der Waals surface area contributed by atoms with E-state index >= 15 is 0 Å². The Morgan fingerprint density at radius 1 is 0.974 bits per heavy atom. The zero-order chi connectivity index (χ0) is 27.9. The van der Waals surface area contributed by atoms with Gasteiger partial charge >= 0.3 is 18.1 Å². The lowest BCUT2D eigenvalue weighted by molar-refractivity contribution is -0.181. The average molecular weight is 565 g/mol. The van der Waals surface area contributed by atoms with Gasteiger partial charge in [0, 0.05) is 11.1 Å². The van der Waals surface area contributed by atoms with Crippen LogP contribution in [0.1, 0.15) is 27.8 Å². The molecule has 0 bridgehead atoms. The molecule has 1 N–H and O–H groups in total. The number of thiazole rings is 1. The second kappa shape index (κ2) is 9.97. The van der Waals surface area contributed by atoms with Crippen molar-refractivity contribution in [3.8, 4) is 22.0 Å². The summed E-state index contributed by atoms with van der Waals surface area (Å²) in [5, 5.41) is 5.15. The molecule has 0 fully saturated rings. The predicted octanol–water partition coefficient (Wildman–Crippen LogP) is 7.30. The van der Waals surface area contributed by atoms with Gasteiger partial charge in [-0.15, -0.1) is 11.3 Å². The molecule has 0 saturated carbocycles. The van der Waals surface area contributed by atoms with Crippen molar-refractivity contribution >= 4 is 22.1 Å². The van der Waals surface area contributed by atoms with Gasteiger partial charge in [0.15, 0.2) is 5.82 Å². The van der Waals surface area contributed by atoms with Crippen LogP contribution in [0.2, 0.25) is 0 Å². The van der Waals surface area contributed by atoms with E-state index in [1.165, 1.54) is 12.1 Å². The first-order valence-electron chi connectivity index (χ1n) is 11.3. The van der Waals surface area contributed by atoms with Crippen molar-refractivity contribution in [2.24, 2.45) is 0 Å². The Bertz CT molecular complexity index is 1690. The van der Waals surface area contributed by atoms with Crippen LogP contribution in [-0.2, 0) is 10.9 Å². The van der Waals surface area contributed by atoms with Gasteiger partial charge in [-0.25, -0.2) is 9.78 Å². The van der Waals surface area contributed by atoms with Crippen molar-refractivity contribution in [1.29, 1.82) is 0 Å². The van der Waals surface area contributed by atoms with E-state index in [2.05, 4.69) is 19.6 Å². The van der Waals surface area contributed by atoms with E-state index in [0.717, 1.165) is 23.5 Å². The van der Waals surface area contributed by atoms with Crippen molar-refractivity contribution in [3.05, 3.63) is 92.9 Å². The van der Waals surface area contributed by atoms with Crippen LogP contribution >= 0.6 is 11.3 Å². The third-order valence-corrected chi connectivity index (χ3v) is 7.13. The number of fused-ring (bicyclic) bond motifs is 1. The van der Waals surface area contributed by atoms with Gasteiger partial charge in [-0.05, 0) is 35.4 Å². The summed E-state index contributed by atoms with van der Waals surface area (Å²) < 4.78 is 88.8. The van der Waals surface area contributed by atoms with Crippen LogP contribution in [-0.4, -0.2) is 27.9 Å². The largest absolute Gasteiger partial charge is 0.439 e. The molecule has 0 radical (unpaired) electrons. The zero-order valence-corrected chi connectivity index (χ0v) is 20.7. The molecular weight excluding hydrogens is 548 g/mol. The summed E-state index contributed by atoms with van der Waals surface area (Å²) in [6.45, 7) is 0.0529. The number of hydrogen-bond acceptors (Lipinski definition) is 6. The van der Waals surface area contributed by atoms with Crippen LogP contribution in [0, 0.1) is 6.92 Å². The van der Waals surface area contributed by atoms with Crippen LogP contribution < -0.4 is 5.76 Å². The Labute approximate surface area is 219 Å². The van der Waals surface area contributed by atoms with Crippen LogP contribution in [0.15, 0.2) is 70.0 Å². The highest BCUT2D eigenvalue weighted by Crippen LogP contribution is 2.42. The van der Waals surface area contributed by atoms with E-state index in [0.29, 0.717) is 43.0 Å². The molecule has 0 spiro atoms. The quantitative estimate of drug-likeness (QED) is 0.219. The molecule has 0 saturated heterocycles. The summed E-state index contributed by atoms with van der Waals surface area (Å²) in [7, 11) is 0. The number of aromatic nitrogens is 3. The first-order valence-corrected chi connectivity index (χ1v) is 12.1. The van der Waals surface area contributed by atoms with E-state index in [4.69, 9.17) is 4.74 Å². The first kappa shape index (κ1) is 26.6. The SMILES string of the molecule is Cc1nc(-c2ccc(C(F)(F)F)cc2)sc1C(OCC(F)(F)F)c1ccc(-c2noc(=O)[nH]2)c2ccccc12. The molecular formula is C26H17F6N3O3S. The number of benzene rings is 3. The highest BCUT2D eigenvalue weighted by Gasteiger charge is 2.33. The Kier molecular flexibility index (Phi) is 6.81. The number of alkyl halides is 6. The van der Waals surface area contributed by atoms with Gasteiger partial charge < -0.3 is 4.74 Å². The van der Waals surface area contributed by atoms with E-state index in [1.807, 2.05) is 0 Å². The normalized spacial score (nSPS) is 13.2. The third kappa shape index (κ3) is 5.59. The molecule has 3 aromatic carbocycles. The number of rotatable bonds is 6. The van der Waals surface area contributed by atoms with E-state index in [1.54, 1.807) is 43.3 Å². The fraction of sp³-hybridized carbons (Fsp3) is 0.192. The topological polar surface area (TPSA) is 81.0 Å². The standard InChI is InChI=1S/C26H17F6N3O3S/c1-13-21(39-23(33-13)14-6-8-15(9-7-14)26(30,31)32)20(37-12-25(27,28)29)18-10-11-19(22-34-24(36)38-35-22)17-5-3-2-4-16(17)18/h2-11,20H,12H2,1H3,(H,34,35,36). The van der Waals surface area contributed by atoms with Crippen LogP contribution in [0.25, 0.3) is 32.7 Å². The highest BCUT2D eigenvalue weighted by atomic mass is 32.1. The Morgan fingerprint density at radius 2 is 1.67 bits per heavy atom. The predicted molar refractivity (Wildman–Crippen MR) is 131 cm³/mol. The van der Waals surface area contributed by atoms with Crippen molar-refractivity contribution in [2.75, 3.05) is 6.61 Å². The molecule has 202 valence electrons. The Balaban J connectivity index is 1.62. The Hall–Kier alpha value is -3.97. The molecule has 1 unspecified atom stereocenters. The molecule has 0 aliphatic carbocycles. The molecule has 0 amide bonds. The smallest absolute Gasteiger partial charge is 0.358 e. The molecule has 6 nitrogen and oxygen atoms in total. The van der Waals surface area contributed by atoms with Gasteiger partial charge in [0.2, 0.25) is 0 Å². The number of ether oxygens (including phenoxy) is 1. The van der Waals surface area contributed by atoms with Gasteiger partial charge in [-0.2, -0.15) is 26.3 Å². The van der Waals surface area contributed by atoms with Crippen LogP contribution in [0.5, 0.6) is 0 Å². The Morgan fingerprint density at radius 3 is 2.28 bits per heavy atom. The van der Waals surface area contributed by atoms with Gasteiger partial charge in [0.25, 0.3) is 0 Å². The van der Waals surface area contributed by atoms with Crippen LogP contribution in [0.4, 0.5) is 26.3 Å². The second-order valence-electron chi connectivity index (χ2n) is 8.54. The fourth-order valence-electron chi connectivity index (χ4n) is 4.16. The number of aromatic amines is 1. The monoisotopic (exact) mass is 565 g/mol. The van der Waals surface area contributed by atoms with Gasteiger partial charge in [0.1, 0.15) is 17.7 Å². The maximum Gasteiger partial charge on any atom is 0.439 e. The summed E-state index contributed by atoms with van der Waals surface area (Å²) in [4.78, 5) is 18.7. The van der Waals surface area contributed by atoms with Crippen molar-refractivity contribution < 1.29 is 35.6 Å². The lowest BCUT2D eigenvalue weighted by Crippen LogP contribution is -2.20. The molecule has 39 heavy (non-hydrogen) atoms. The van der Waals surface area contributed by atoms with Crippen molar-refractivity contribution in [2.45, 2.75) is 25.4 Å². The maximum absolute atomic E-state index is 13.3. The van der Waals surface area contributed by atoms with Crippen molar-refractivity contribution in [3.63, 3.8) is 0 Å². The first-order chi connectivity index (χ1) is 18.4. The molecule has 2 heterocycles. The minimum Gasteiger partial charge on any atom is -0.358 e. The number of hydrogen-bond donors (Lipinski definition) is 1. The molecule has 1 atom stereocenters. The van der Waals surface area contributed by atoms with Gasteiger partial charge in [-0.3, -0.25) is 9.51 Å². The van der Waals surface area contributed by atoms with E-state index in [-0.39, 0.29) is 5.82 Å². The zero-order valence-electron chi connectivity index (χ0n) is 19.9. The van der Waals surface area contributed by atoms with E-state index < -0.39 is 36.4 Å². The lowest BCUT2D eigenvalue weighted by Gasteiger charge is -2.21. The summed E-state index contributed by atoms with van der Waals surface area (Å²) in [6.07, 6.45) is -10.3. The molecule has 5 aromatic rings. The van der Waals surface area contributed by atoms with E-state index in [9.17, 15) is 31.1 Å². The number of nitrogens with zero attached hydrogens (tertiary/aromatic N) is 2. The van der Waals surface area contributed by atoms with Gasteiger partial charge in [-0.1, -0.05) is 53.7 Å². The third-order valence-electron chi connectivity index (χ3n) is 5.88. The average Bonchev–Trinajstić information content (AvgIpc) is 3.48. The summed E-state index contributed by atoms with van der Waals surface area (Å²) in [5.41, 5.74) is 0.811. The number of nitrogens with one attached hydrogen (secondary N) is 1. The minimum atomic E-state index is -4.62. The summed E-state index contributed by atoms with van der Waals surface area (Å²) in [5.74, 6) is -0.616. The van der Waals surface area contributed by atoms with Crippen LogP contribution in [0.3, 0.4) is 0 Å². The molecule has 13 heteroatoms. The summed E-state index contributed by atoms with van der Waals surface area (Å²) >= 11 is 1.03. The molecule has 2 aromatic heterocycles. The molecule has 0 aliphatic heterocycles. The lowest BCUT2D eigenvalue weighted by atomic mass is 9.95. The van der Waals surface area contributed by atoms with Crippen molar-refractivity contribution in [1.82, 2.24) is 15.1 Å². The van der Waals surface area contributed by atoms with Gasteiger partial charge in [0.05, 0.1) is 16.1 Å². The number of aryl methyl sites for hydroxylation is 1. The second-order valence-corrected chi connectivity index (χ2v) is 9.57. The number of halogens is 6. The minimum absolute atomic E-state index is 0.147. The number of H-pyrrole nitrogens is 1. The molecule has 5 rings (SSSR count). The molecule has 0 aliphatic rings. The maximum atomic E-state index is 13.3. The fourth-order valence-corrected chi connectivity index (χ4v) is 5.30. The summed E-state index contributed by atoms with van der Waals surface area (Å²) in [6, 6.07) is 14.4. The highest BCUT2D eigenvalue weighted by molar-refractivity contribution is 7.15.